The van der Waals surface area contributed by atoms with Crippen molar-refractivity contribution < 1.29 is 30.7 Å². The third-order valence-electron chi connectivity index (χ3n) is 6.52. The molecule has 0 unspecified atom stereocenters. The van der Waals surface area contributed by atoms with Crippen LogP contribution < -0.4 is 15.4 Å². The normalized spacial score (nSPS) is 18.4. The summed E-state index contributed by atoms with van der Waals surface area (Å²) in [5.41, 5.74) is 1.88. The predicted octanol–water partition coefficient (Wildman–Crippen LogP) is 4.53. The number of benzene rings is 2. The fourth-order valence-corrected chi connectivity index (χ4v) is 5.21. The molecule has 0 radical (unpaired) electrons. The molecule has 39 heavy (non-hydrogen) atoms. The number of aromatic nitrogens is 1. The van der Waals surface area contributed by atoms with Crippen molar-refractivity contribution in [2.45, 2.75) is 36.3 Å². The van der Waals surface area contributed by atoms with Crippen LogP contribution in [-0.4, -0.2) is 76.3 Å². The summed E-state index contributed by atoms with van der Waals surface area (Å²) in [5.74, 6) is 6.24. The number of hydrogen-bond acceptors (Lipinski definition) is 6. The van der Waals surface area contributed by atoms with Gasteiger partial charge in [-0.3, -0.25) is 0 Å². The van der Waals surface area contributed by atoms with Crippen LogP contribution in [0, 0.1) is 11.8 Å². The van der Waals surface area contributed by atoms with Crippen molar-refractivity contribution in [3.8, 4) is 17.6 Å². The molecule has 0 aliphatic carbocycles. The van der Waals surface area contributed by atoms with Crippen molar-refractivity contribution in [2.24, 2.45) is 0 Å². The highest BCUT2D eigenvalue weighted by Crippen LogP contribution is 2.31. The van der Waals surface area contributed by atoms with Crippen LogP contribution in [0.3, 0.4) is 0 Å². The van der Waals surface area contributed by atoms with E-state index in [2.05, 4.69) is 22.5 Å². The number of likely N-dealkylation sites (tertiary alicyclic amines) is 1. The van der Waals surface area contributed by atoms with Gasteiger partial charge in [0.2, 0.25) is 0 Å². The molecule has 0 saturated carbocycles. The van der Waals surface area contributed by atoms with Gasteiger partial charge in [-0.2, -0.15) is 13.2 Å². The Morgan fingerprint density at radius 2 is 1.92 bits per heavy atom. The van der Waals surface area contributed by atoms with Gasteiger partial charge >= 0.3 is 6.18 Å². The van der Waals surface area contributed by atoms with Crippen molar-refractivity contribution >= 4 is 32.1 Å². The topological polar surface area (TPSA) is 75.6 Å². The quantitative estimate of drug-likeness (QED) is 0.323. The van der Waals surface area contributed by atoms with Crippen molar-refractivity contribution in [2.75, 3.05) is 50.7 Å². The first-order valence-electron chi connectivity index (χ1n) is 12.2. The summed E-state index contributed by atoms with van der Waals surface area (Å²) in [7, 11) is -0.136. The predicted molar refractivity (Wildman–Crippen MR) is 144 cm³/mol. The zero-order chi connectivity index (χ0) is 28.4. The van der Waals surface area contributed by atoms with Crippen LogP contribution >= 0.6 is 0 Å². The molecular weight excluding hydrogens is 536 g/mol. The SMILES string of the molecule is COc1cc(S(C)(=O)=O)ccc1NCC#Cc1cc(N[C@@H]2CCN(C)C[C@@H]2F)c2ccn(CC(F)(F)F)c2c1. The number of rotatable bonds is 7. The third kappa shape index (κ3) is 7.16. The van der Waals surface area contributed by atoms with Gasteiger partial charge in [0.05, 0.1) is 35.8 Å². The molecule has 2 aromatic carbocycles. The molecule has 2 heterocycles. The second kappa shape index (κ2) is 11.4. The van der Waals surface area contributed by atoms with Gasteiger partial charge in [0.25, 0.3) is 0 Å². The van der Waals surface area contributed by atoms with E-state index in [-0.39, 0.29) is 18.0 Å². The van der Waals surface area contributed by atoms with E-state index in [1.165, 1.54) is 25.4 Å². The Bertz CT molecular complexity index is 1510. The summed E-state index contributed by atoms with van der Waals surface area (Å²) in [5, 5.41) is 6.83. The van der Waals surface area contributed by atoms with E-state index < -0.39 is 34.8 Å². The highest BCUT2D eigenvalue weighted by molar-refractivity contribution is 7.90. The second-order valence-electron chi connectivity index (χ2n) is 9.62. The fraction of sp³-hybridized carbons (Fsp3) is 0.407. The first-order valence-corrected chi connectivity index (χ1v) is 14.1. The van der Waals surface area contributed by atoms with Gasteiger partial charge in [-0.15, -0.1) is 0 Å². The van der Waals surface area contributed by atoms with E-state index >= 15 is 0 Å². The highest BCUT2D eigenvalue weighted by atomic mass is 32.2. The van der Waals surface area contributed by atoms with Crippen LogP contribution in [0.15, 0.2) is 47.5 Å². The number of halogens is 4. The van der Waals surface area contributed by atoms with Crippen molar-refractivity contribution in [1.29, 1.82) is 0 Å². The van der Waals surface area contributed by atoms with Crippen LogP contribution in [-0.2, 0) is 16.4 Å². The number of methoxy groups -OCH3 is 1. The Balaban J connectivity index is 1.60. The lowest BCUT2D eigenvalue weighted by Crippen LogP contribution is -2.46. The maximum absolute atomic E-state index is 14.7. The summed E-state index contributed by atoms with van der Waals surface area (Å²) in [6.45, 7) is -0.0239. The Labute approximate surface area is 225 Å². The molecule has 1 aliphatic rings. The molecule has 2 N–H and O–H groups in total. The van der Waals surface area contributed by atoms with Gasteiger partial charge in [0, 0.05) is 48.2 Å². The molecule has 1 aliphatic heterocycles. The van der Waals surface area contributed by atoms with Gasteiger partial charge in [-0.1, -0.05) is 11.8 Å². The number of alkyl halides is 4. The van der Waals surface area contributed by atoms with Crippen molar-refractivity contribution in [3.63, 3.8) is 0 Å². The molecule has 2 atom stereocenters. The second-order valence-corrected chi connectivity index (χ2v) is 11.6. The molecule has 3 aromatic rings. The first kappa shape index (κ1) is 28.6. The molecule has 210 valence electrons. The van der Waals surface area contributed by atoms with Crippen LogP contribution in [0.2, 0.25) is 0 Å². The van der Waals surface area contributed by atoms with E-state index in [1.807, 2.05) is 11.9 Å². The molecule has 0 amide bonds. The van der Waals surface area contributed by atoms with Gasteiger partial charge in [-0.05, 0) is 43.8 Å². The largest absolute Gasteiger partial charge is 0.495 e. The number of fused-ring (bicyclic) bond motifs is 1. The summed E-state index contributed by atoms with van der Waals surface area (Å²) >= 11 is 0. The standard InChI is InChI=1S/C27H30F4N4O3S/c1-34-11-9-22(21(28)16-34)33-24-13-18(14-25-20(24)8-12-35(25)17-27(29,30)31)5-4-10-32-23-7-6-19(39(3,36)37)15-26(23)38-2/h6-8,12-15,21-22,32-33H,9-11,16-17H2,1-3H3/t21-,22+/m0/s1. The molecule has 4 rings (SSSR count). The number of hydrogen-bond donors (Lipinski definition) is 2. The van der Waals surface area contributed by atoms with Crippen LogP contribution in [0.25, 0.3) is 10.9 Å². The van der Waals surface area contributed by atoms with Crippen LogP contribution in [0.4, 0.5) is 28.9 Å². The number of anilines is 2. The molecule has 1 saturated heterocycles. The zero-order valence-electron chi connectivity index (χ0n) is 21.8. The number of sulfone groups is 1. The summed E-state index contributed by atoms with van der Waals surface area (Å²) in [6.07, 6.45) is -2.50. The monoisotopic (exact) mass is 566 g/mol. The molecule has 7 nitrogen and oxygen atoms in total. The Kier molecular flexibility index (Phi) is 8.32. The van der Waals surface area contributed by atoms with Crippen LogP contribution in [0.5, 0.6) is 5.75 Å². The van der Waals surface area contributed by atoms with E-state index in [0.717, 1.165) is 10.8 Å². The smallest absolute Gasteiger partial charge is 0.406 e. The lowest BCUT2D eigenvalue weighted by molar-refractivity contribution is -0.139. The van der Waals surface area contributed by atoms with E-state index in [1.54, 1.807) is 24.3 Å². The van der Waals surface area contributed by atoms with E-state index in [0.29, 0.717) is 46.6 Å². The molecule has 0 bridgehead atoms. The lowest BCUT2D eigenvalue weighted by atomic mass is 10.0. The van der Waals surface area contributed by atoms with Gasteiger partial charge in [0.15, 0.2) is 9.84 Å². The molecular formula is C27H30F4N4O3S. The Hall–Kier alpha value is -3.43. The van der Waals surface area contributed by atoms with Crippen molar-refractivity contribution in [3.05, 3.63) is 48.2 Å². The fourth-order valence-electron chi connectivity index (χ4n) is 4.57. The van der Waals surface area contributed by atoms with Crippen LogP contribution in [0.1, 0.15) is 12.0 Å². The van der Waals surface area contributed by atoms with Gasteiger partial charge in [0.1, 0.15) is 18.5 Å². The molecule has 12 heteroatoms. The minimum Gasteiger partial charge on any atom is -0.495 e. The minimum atomic E-state index is -4.41. The summed E-state index contributed by atoms with van der Waals surface area (Å²) in [6, 6.07) is 8.87. The van der Waals surface area contributed by atoms with Gasteiger partial charge < -0.3 is 24.8 Å². The van der Waals surface area contributed by atoms with E-state index in [9.17, 15) is 26.0 Å². The average Bonchev–Trinajstić information content (AvgIpc) is 3.24. The Morgan fingerprint density at radius 3 is 2.59 bits per heavy atom. The minimum absolute atomic E-state index is 0.117. The Morgan fingerprint density at radius 1 is 1.15 bits per heavy atom. The first-order chi connectivity index (χ1) is 18.3. The summed E-state index contributed by atoms with van der Waals surface area (Å²) < 4.78 is 84.3. The molecule has 0 spiro atoms. The average molecular weight is 567 g/mol. The number of nitrogens with one attached hydrogen (secondary N) is 2. The number of nitrogens with zero attached hydrogens (tertiary/aromatic N) is 2. The third-order valence-corrected chi connectivity index (χ3v) is 7.64. The molecule has 1 aromatic heterocycles. The maximum atomic E-state index is 14.7. The van der Waals surface area contributed by atoms with Crippen molar-refractivity contribution in [1.82, 2.24) is 9.47 Å². The lowest BCUT2D eigenvalue weighted by Gasteiger charge is -2.33. The number of piperidine rings is 1. The maximum Gasteiger partial charge on any atom is 0.406 e. The van der Waals surface area contributed by atoms with Gasteiger partial charge in [-0.25, -0.2) is 12.8 Å². The molecule has 1 fully saturated rings. The number of ether oxygens (including phenoxy) is 1. The highest BCUT2D eigenvalue weighted by Gasteiger charge is 2.30. The zero-order valence-corrected chi connectivity index (χ0v) is 22.6. The summed E-state index contributed by atoms with van der Waals surface area (Å²) in [4.78, 5) is 2.02. The van der Waals surface area contributed by atoms with E-state index in [4.69, 9.17) is 4.74 Å².